The zero-order valence-electron chi connectivity index (χ0n) is 10.1. The van der Waals surface area contributed by atoms with Crippen molar-refractivity contribution in [3.05, 3.63) is 10.8 Å². The highest BCUT2D eigenvalue weighted by Crippen LogP contribution is 2.24. The van der Waals surface area contributed by atoms with E-state index in [0.717, 1.165) is 18.8 Å². The van der Waals surface area contributed by atoms with E-state index >= 15 is 0 Å². The lowest BCUT2D eigenvalue weighted by Crippen LogP contribution is -2.32. The molecular weight excluding hydrogens is 206 g/mol. The van der Waals surface area contributed by atoms with Crippen LogP contribution in [0.3, 0.4) is 0 Å². The molecule has 0 fully saturated rings. The molecule has 1 aromatic rings. The Morgan fingerprint density at radius 3 is 2.60 bits per heavy atom. The van der Waals surface area contributed by atoms with E-state index in [1.54, 1.807) is 11.5 Å². The van der Waals surface area contributed by atoms with Crippen molar-refractivity contribution in [1.82, 2.24) is 14.7 Å². The average molecular weight is 227 g/mol. The first kappa shape index (κ1) is 12.6. The monoisotopic (exact) mass is 227 g/mol. The summed E-state index contributed by atoms with van der Waals surface area (Å²) in [5, 5.41) is 4.70. The van der Waals surface area contributed by atoms with E-state index in [9.17, 15) is 0 Å². The second-order valence-corrected chi connectivity index (χ2v) is 4.72. The summed E-state index contributed by atoms with van der Waals surface area (Å²) in [6.45, 7) is 9.67. The molecule has 0 aliphatic rings. The largest absolute Gasteiger partial charge is 0.314 e. The van der Waals surface area contributed by atoms with Gasteiger partial charge in [-0.1, -0.05) is 13.8 Å². The van der Waals surface area contributed by atoms with Gasteiger partial charge in [0.15, 0.2) is 0 Å². The van der Waals surface area contributed by atoms with Crippen LogP contribution in [-0.4, -0.2) is 21.9 Å². The van der Waals surface area contributed by atoms with E-state index in [-0.39, 0.29) is 0 Å². The van der Waals surface area contributed by atoms with Crippen LogP contribution in [0.4, 0.5) is 0 Å². The summed E-state index contributed by atoms with van der Waals surface area (Å²) >= 11 is 1.54. The standard InChI is InChI=1S/C11H21N3S/c1-5-7-12-8(3)10(6-2)11-13-9(4)14-15-11/h8,10,12H,5-7H2,1-4H3. The van der Waals surface area contributed by atoms with Crippen LogP contribution in [0.5, 0.6) is 0 Å². The minimum Gasteiger partial charge on any atom is -0.314 e. The van der Waals surface area contributed by atoms with Gasteiger partial charge < -0.3 is 5.32 Å². The van der Waals surface area contributed by atoms with Gasteiger partial charge in [-0.25, -0.2) is 4.98 Å². The molecule has 0 saturated carbocycles. The average Bonchev–Trinajstić information content (AvgIpc) is 2.63. The summed E-state index contributed by atoms with van der Waals surface area (Å²) in [7, 11) is 0. The molecule has 0 saturated heterocycles. The highest BCUT2D eigenvalue weighted by molar-refractivity contribution is 7.05. The first-order chi connectivity index (χ1) is 7.19. The smallest absolute Gasteiger partial charge is 0.139 e. The van der Waals surface area contributed by atoms with E-state index in [4.69, 9.17) is 0 Å². The van der Waals surface area contributed by atoms with Crippen molar-refractivity contribution in [1.29, 1.82) is 0 Å². The SMILES string of the molecule is CCCNC(C)C(CC)c1nc(C)ns1. The number of hydrogen-bond donors (Lipinski definition) is 1. The first-order valence-electron chi connectivity index (χ1n) is 5.72. The quantitative estimate of drug-likeness (QED) is 0.812. The lowest BCUT2D eigenvalue weighted by atomic mass is 9.99. The molecule has 0 aliphatic carbocycles. The predicted molar refractivity (Wildman–Crippen MR) is 65.4 cm³/mol. The Morgan fingerprint density at radius 2 is 2.13 bits per heavy atom. The molecule has 0 amide bonds. The van der Waals surface area contributed by atoms with Crippen LogP contribution in [0.25, 0.3) is 0 Å². The summed E-state index contributed by atoms with van der Waals surface area (Å²) in [6, 6.07) is 0.488. The Labute approximate surface area is 96.5 Å². The van der Waals surface area contributed by atoms with Crippen LogP contribution < -0.4 is 5.32 Å². The highest BCUT2D eigenvalue weighted by Gasteiger charge is 2.20. The van der Waals surface area contributed by atoms with Gasteiger partial charge in [0, 0.05) is 12.0 Å². The van der Waals surface area contributed by atoms with Crippen molar-refractivity contribution in [2.24, 2.45) is 0 Å². The summed E-state index contributed by atoms with van der Waals surface area (Å²) < 4.78 is 4.25. The Bertz CT molecular complexity index is 285. The lowest BCUT2D eigenvalue weighted by Gasteiger charge is -2.21. The summed E-state index contributed by atoms with van der Waals surface area (Å²) in [6.07, 6.45) is 2.29. The summed E-state index contributed by atoms with van der Waals surface area (Å²) in [5.74, 6) is 1.40. The zero-order valence-corrected chi connectivity index (χ0v) is 10.9. The normalized spacial score (nSPS) is 15.2. The third-order valence-corrected chi connectivity index (χ3v) is 3.56. The molecule has 1 aromatic heterocycles. The lowest BCUT2D eigenvalue weighted by molar-refractivity contribution is 0.448. The fraction of sp³-hybridized carbons (Fsp3) is 0.818. The van der Waals surface area contributed by atoms with Gasteiger partial charge >= 0.3 is 0 Å². The third kappa shape index (κ3) is 3.54. The van der Waals surface area contributed by atoms with Crippen LogP contribution in [0, 0.1) is 6.92 Å². The maximum Gasteiger partial charge on any atom is 0.139 e. The van der Waals surface area contributed by atoms with Crippen LogP contribution in [0.1, 0.15) is 50.4 Å². The number of aromatic nitrogens is 2. The van der Waals surface area contributed by atoms with Gasteiger partial charge in [0.25, 0.3) is 0 Å². The Kier molecular flexibility index (Phi) is 5.19. The molecule has 15 heavy (non-hydrogen) atoms. The van der Waals surface area contributed by atoms with Crippen molar-refractivity contribution in [2.75, 3.05) is 6.54 Å². The molecule has 3 nitrogen and oxygen atoms in total. The minimum atomic E-state index is 0.488. The molecule has 0 radical (unpaired) electrons. The van der Waals surface area contributed by atoms with E-state index < -0.39 is 0 Å². The van der Waals surface area contributed by atoms with Crippen molar-refractivity contribution in [2.45, 2.75) is 52.5 Å². The number of aryl methyl sites for hydroxylation is 1. The van der Waals surface area contributed by atoms with Gasteiger partial charge in [-0.2, -0.15) is 4.37 Å². The van der Waals surface area contributed by atoms with E-state index in [1.807, 2.05) is 6.92 Å². The second kappa shape index (κ2) is 6.18. The first-order valence-corrected chi connectivity index (χ1v) is 6.49. The van der Waals surface area contributed by atoms with Crippen LogP contribution in [-0.2, 0) is 0 Å². The Hall–Kier alpha value is -0.480. The molecule has 1 rings (SSSR count). The molecule has 0 spiro atoms. The Morgan fingerprint density at radius 1 is 1.40 bits per heavy atom. The molecular formula is C11H21N3S. The van der Waals surface area contributed by atoms with Crippen molar-refractivity contribution < 1.29 is 0 Å². The molecule has 2 unspecified atom stereocenters. The summed E-state index contributed by atoms with van der Waals surface area (Å²) in [5.41, 5.74) is 0. The predicted octanol–water partition coefficient (Wildman–Crippen LogP) is 2.73. The Balaban J connectivity index is 2.62. The fourth-order valence-electron chi connectivity index (χ4n) is 1.72. The van der Waals surface area contributed by atoms with Gasteiger partial charge in [0.1, 0.15) is 10.8 Å². The molecule has 1 heterocycles. The molecule has 4 heteroatoms. The minimum absolute atomic E-state index is 0.488. The third-order valence-electron chi connectivity index (χ3n) is 2.62. The number of rotatable bonds is 6. The highest BCUT2D eigenvalue weighted by atomic mass is 32.1. The fourth-order valence-corrected chi connectivity index (χ4v) is 2.67. The molecule has 1 N–H and O–H groups in total. The zero-order chi connectivity index (χ0) is 11.3. The second-order valence-electron chi connectivity index (χ2n) is 3.94. The molecule has 0 aliphatic heterocycles. The van der Waals surface area contributed by atoms with Gasteiger partial charge in [-0.15, -0.1) is 0 Å². The maximum atomic E-state index is 4.48. The molecule has 0 aromatic carbocycles. The van der Waals surface area contributed by atoms with E-state index in [0.29, 0.717) is 12.0 Å². The topological polar surface area (TPSA) is 37.8 Å². The van der Waals surface area contributed by atoms with Crippen LogP contribution >= 0.6 is 11.5 Å². The molecule has 2 atom stereocenters. The maximum absolute atomic E-state index is 4.48. The van der Waals surface area contributed by atoms with E-state index in [1.165, 1.54) is 11.4 Å². The van der Waals surface area contributed by atoms with Crippen molar-refractivity contribution in [3.63, 3.8) is 0 Å². The van der Waals surface area contributed by atoms with Gasteiger partial charge in [-0.05, 0) is 44.8 Å². The van der Waals surface area contributed by atoms with Crippen molar-refractivity contribution in [3.8, 4) is 0 Å². The molecule has 0 bridgehead atoms. The van der Waals surface area contributed by atoms with Gasteiger partial charge in [0.05, 0.1) is 0 Å². The van der Waals surface area contributed by atoms with Crippen molar-refractivity contribution >= 4 is 11.5 Å². The number of hydrogen-bond acceptors (Lipinski definition) is 4. The van der Waals surface area contributed by atoms with Crippen LogP contribution in [0.15, 0.2) is 0 Å². The molecule has 86 valence electrons. The van der Waals surface area contributed by atoms with Crippen LogP contribution in [0.2, 0.25) is 0 Å². The summed E-state index contributed by atoms with van der Waals surface area (Å²) in [4.78, 5) is 4.48. The van der Waals surface area contributed by atoms with E-state index in [2.05, 4.69) is 35.4 Å². The van der Waals surface area contributed by atoms with Gasteiger partial charge in [-0.3, -0.25) is 0 Å². The number of nitrogens with one attached hydrogen (secondary N) is 1. The van der Waals surface area contributed by atoms with Gasteiger partial charge in [0.2, 0.25) is 0 Å². The number of nitrogens with zero attached hydrogens (tertiary/aromatic N) is 2.